The Morgan fingerprint density at radius 2 is 1.64 bits per heavy atom. The van der Waals surface area contributed by atoms with Gasteiger partial charge >= 0.3 is 12.4 Å². The largest absolute Gasteiger partial charge is 0.418 e. The van der Waals surface area contributed by atoms with Crippen molar-refractivity contribution in [1.29, 1.82) is 0 Å². The van der Waals surface area contributed by atoms with Crippen molar-refractivity contribution >= 4 is 23.6 Å². The quantitative estimate of drug-likeness (QED) is 0.368. The highest BCUT2D eigenvalue weighted by molar-refractivity contribution is 8.00. The van der Waals surface area contributed by atoms with Crippen LogP contribution >= 0.6 is 11.9 Å². The summed E-state index contributed by atoms with van der Waals surface area (Å²) in [4.78, 5) is 10.6. The fraction of sp³-hybridized carbons (Fsp3) is 0.238. The summed E-state index contributed by atoms with van der Waals surface area (Å²) in [5.74, 6) is 0.574. The van der Waals surface area contributed by atoms with Crippen molar-refractivity contribution in [2.24, 2.45) is 0 Å². The molecule has 0 bridgehead atoms. The summed E-state index contributed by atoms with van der Waals surface area (Å²) in [5, 5.41) is 9.42. The predicted octanol–water partition coefficient (Wildman–Crippen LogP) is 5.48. The second kappa shape index (κ2) is 8.75. The molecule has 0 amide bonds. The van der Waals surface area contributed by atoms with Crippen LogP contribution in [-0.2, 0) is 12.4 Å². The van der Waals surface area contributed by atoms with Gasteiger partial charge in [-0.25, -0.2) is 9.97 Å². The first-order chi connectivity index (χ1) is 15.5. The van der Waals surface area contributed by atoms with E-state index in [0.29, 0.717) is 29.9 Å². The van der Waals surface area contributed by atoms with Crippen LogP contribution in [0.1, 0.15) is 11.1 Å². The third kappa shape index (κ3) is 5.17. The predicted molar refractivity (Wildman–Crippen MR) is 112 cm³/mol. The lowest BCUT2D eigenvalue weighted by atomic mass is 9.99. The zero-order chi connectivity index (χ0) is 23.8. The number of alkyl halides is 6. The summed E-state index contributed by atoms with van der Waals surface area (Å²) in [6, 6.07) is 9.16. The molecule has 1 aliphatic heterocycles. The number of nitrogens with one attached hydrogen (secondary N) is 1. The number of aliphatic hydroxyl groups excluding tert-OH is 1. The number of anilines is 2. The lowest BCUT2D eigenvalue weighted by molar-refractivity contribution is -0.139. The van der Waals surface area contributed by atoms with E-state index in [1.165, 1.54) is 12.3 Å². The van der Waals surface area contributed by atoms with Gasteiger partial charge in [0.15, 0.2) is 0 Å². The second-order valence-electron chi connectivity index (χ2n) is 7.25. The van der Waals surface area contributed by atoms with E-state index in [1.807, 2.05) is 4.90 Å². The first-order valence-corrected chi connectivity index (χ1v) is 10.4. The summed E-state index contributed by atoms with van der Waals surface area (Å²) < 4.78 is 83.8. The number of β-amino-alcohol motifs (C(OH)–C–C–N with tert-alkyl or cyclic N) is 1. The normalized spacial score (nSPS) is 14.8. The van der Waals surface area contributed by atoms with E-state index in [0.717, 1.165) is 36.2 Å². The molecule has 1 saturated heterocycles. The summed E-state index contributed by atoms with van der Waals surface area (Å²) in [7, 11) is 0. The summed E-state index contributed by atoms with van der Waals surface area (Å²) in [6.07, 6.45) is -8.63. The van der Waals surface area contributed by atoms with Gasteiger partial charge < -0.3 is 14.7 Å². The summed E-state index contributed by atoms with van der Waals surface area (Å²) >= 11 is 1.02. The van der Waals surface area contributed by atoms with E-state index in [4.69, 9.17) is 0 Å². The van der Waals surface area contributed by atoms with E-state index in [1.54, 1.807) is 12.1 Å². The molecule has 1 aliphatic rings. The van der Waals surface area contributed by atoms with Crippen LogP contribution in [0.4, 0.5) is 38.0 Å². The molecule has 0 radical (unpaired) electrons. The highest BCUT2D eigenvalue weighted by Crippen LogP contribution is 2.42. The Kier molecular flexibility index (Phi) is 6.14. The van der Waals surface area contributed by atoms with E-state index in [-0.39, 0.29) is 5.82 Å². The average molecular weight is 486 g/mol. The highest BCUT2D eigenvalue weighted by atomic mass is 32.2. The van der Waals surface area contributed by atoms with Crippen molar-refractivity contribution in [3.05, 3.63) is 65.9 Å². The van der Waals surface area contributed by atoms with Gasteiger partial charge in [-0.05, 0) is 42.3 Å². The van der Waals surface area contributed by atoms with Crippen molar-refractivity contribution < 1.29 is 31.4 Å². The minimum atomic E-state index is -4.89. The number of hydrogen-bond donors (Lipinski definition) is 2. The van der Waals surface area contributed by atoms with Crippen LogP contribution in [0.2, 0.25) is 0 Å². The smallest absolute Gasteiger partial charge is 0.389 e. The van der Waals surface area contributed by atoms with Crippen molar-refractivity contribution in [2.45, 2.75) is 23.4 Å². The molecule has 5 nitrogen and oxygen atoms in total. The fourth-order valence-electron chi connectivity index (χ4n) is 3.28. The van der Waals surface area contributed by atoms with Gasteiger partial charge in [-0.3, -0.25) is 0 Å². The Labute approximate surface area is 188 Å². The van der Waals surface area contributed by atoms with Crippen LogP contribution < -0.4 is 9.62 Å². The third-order valence-electron chi connectivity index (χ3n) is 4.86. The molecule has 2 N–H and O–H groups in total. The Balaban J connectivity index is 1.64. The maximum atomic E-state index is 13.6. The maximum absolute atomic E-state index is 13.6. The molecular formula is C21H16F6N4OS. The zero-order valence-corrected chi connectivity index (χ0v) is 17.5. The van der Waals surface area contributed by atoms with Crippen LogP contribution in [0.15, 0.2) is 59.6 Å². The van der Waals surface area contributed by atoms with Gasteiger partial charge in [0.1, 0.15) is 11.6 Å². The van der Waals surface area contributed by atoms with Gasteiger partial charge in [0, 0.05) is 29.7 Å². The van der Waals surface area contributed by atoms with Crippen molar-refractivity contribution in [2.75, 3.05) is 22.7 Å². The van der Waals surface area contributed by atoms with Crippen LogP contribution in [0.25, 0.3) is 11.3 Å². The van der Waals surface area contributed by atoms with Gasteiger partial charge in [0.05, 0.1) is 22.9 Å². The Bertz CT molecular complexity index is 1150. The van der Waals surface area contributed by atoms with Crippen molar-refractivity contribution in [3.63, 3.8) is 0 Å². The minimum Gasteiger partial charge on any atom is -0.389 e. The van der Waals surface area contributed by atoms with Gasteiger partial charge in [0.25, 0.3) is 0 Å². The highest BCUT2D eigenvalue weighted by Gasteiger charge is 2.39. The molecule has 174 valence electrons. The molecule has 1 fully saturated rings. The topological polar surface area (TPSA) is 61.3 Å². The lowest BCUT2D eigenvalue weighted by Gasteiger charge is -2.36. The second-order valence-corrected chi connectivity index (χ2v) is 8.13. The molecule has 33 heavy (non-hydrogen) atoms. The number of aromatic nitrogens is 2. The van der Waals surface area contributed by atoms with E-state index in [2.05, 4.69) is 14.7 Å². The lowest BCUT2D eigenvalue weighted by Crippen LogP contribution is -2.51. The SMILES string of the molecule is OC1CN(c2cc(SNc3ccc(C(F)(F)F)c(-c4ccccc4C(F)(F)F)n3)ccn2)C1. The van der Waals surface area contributed by atoms with E-state index in [9.17, 15) is 31.4 Å². The molecule has 1 aromatic carbocycles. The first kappa shape index (κ1) is 23.2. The third-order valence-corrected chi connectivity index (χ3v) is 5.67. The number of rotatable bonds is 5. The molecule has 4 rings (SSSR count). The van der Waals surface area contributed by atoms with Crippen LogP contribution in [0.5, 0.6) is 0 Å². The zero-order valence-electron chi connectivity index (χ0n) is 16.7. The van der Waals surface area contributed by atoms with Gasteiger partial charge in [0.2, 0.25) is 0 Å². The summed E-state index contributed by atoms with van der Waals surface area (Å²) in [5.41, 5.74) is -3.94. The number of aliphatic hydroxyl groups is 1. The molecule has 0 spiro atoms. The molecule has 0 aliphatic carbocycles. The van der Waals surface area contributed by atoms with Gasteiger partial charge in [-0.1, -0.05) is 18.2 Å². The minimum absolute atomic E-state index is 0.0438. The first-order valence-electron chi connectivity index (χ1n) is 9.59. The number of benzene rings is 1. The summed E-state index contributed by atoms with van der Waals surface area (Å²) in [6.45, 7) is 0.883. The van der Waals surface area contributed by atoms with Crippen molar-refractivity contribution in [3.8, 4) is 11.3 Å². The Morgan fingerprint density at radius 1 is 0.939 bits per heavy atom. The number of halogens is 6. The molecule has 3 aromatic rings. The molecular weight excluding hydrogens is 470 g/mol. The number of pyridine rings is 2. The Hall–Kier alpha value is -2.99. The monoisotopic (exact) mass is 486 g/mol. The number of hydrogen-bond acceptors (Lipinski definition) is 6. The van der Waals surface area contributed by atoms with Gasteiger partial charge in [-0.15, -0.1) is 0 Å². The molecule has 0 atom stereocenters. The van der Waals surface area contributed by atoms with E-state index < -0.39 is 40.8 Å². The molecule has 2 aromatic heterocycles. The standard InChI is InChI=1S/C21H16F6N4OS/c22-20(23,24)15-4-2-1-3-14(15)19-16(21(25,26)27)5-6-17(29-19)30-33-13-7-8-28-18(9-13)31-10-12(32)11-31/h1-9,12,32H,10-11H2,(H,29,30). The maximum Gasteiger partial charge on any atom is 0.418 e. The van der Waals surface area contributed by atoms with Crippen molar-refractivity contribution in [1.82, 2.24) is 9.97 Å². The fourth-order valence-corrected chi connectivity index (χ4v) is 3.91. The molecule has 3 heterocycles. The number of nitrogens with zero attached hydrogens (tertiary/aromatic N) is 3. The molecule has 0 unspecified atom stereocenters. The van der Waals surface area contributed by atoms with Crippen LogP contribution in [-0.4, -0.2) is 34.3 Å². The van der Waals surface area contributed by atoms with Crippen LogP contribution in [0.3, 0.4) is 0 Å². The van der Waals surface area contributed by atoms with E-state index >= 15 is 0 Å². The molecule has 12 heteroatoms. The Morgan fingerprint density at radius 3 is 2.30 bits per heavy atom. The van der Waals surface area contributed by atoms with Crippen LogP contribution in [0, 0.1) is 0 Å². The average Bonchev–Trinajstić information content (AvgIpc) is 2.74. The molecule has 0 saturated carbocycles. The van der Waals surface area contributed by atoms with Gasteiger partial charge in [-0.2, -0.15) is 26.3 Å².